The molecule has 2 amide bonds. The number of carbonyl (C=O) groups is 2. The molecule has 0 saturated heterocycles. The van der Waals surface area contributed by atoms with Gasteiger partial charge in [-0.05, 0) is 68.5 Å². The zero-order valence-corrected chi connectivity index (χ0v) is 17.3. The van der Waals surface area contributed by atoms with E-state index in [9.17, 15) is 9.59 Å². The lowest BCUT2D eigenvalue weighted by molar-refractivity contribution is 0.0969. The van der Waals surface area contributed by atoms with Crippen LogP contribution in [-0.4, -0.2) is 23.0 Å². The van der Waals surface area contributed by atoms with Gasteiger partial charge in [0.15, 0.2) is 10.9 Å². The van der Waals surface area contributed by atoms with Crippen molar-refractivity contribution in [3.05, 3.63) is 78.3 Å². The van der Waals surface area contributed by atoms with Crippen LogP contribution in [0.2, 0.25) is 0 Å². The van der Waals surface area contributed by atoms with Crippen molar-refractivity contribution in [1.29, 1.82) is 0 Å². The van der Waals surface area contributed by atoms with E-state index in [1.54, 1.807) is 60.7 Å². The summed E-state index contributed by atoms with van der Waals surface area (Å²) in [7, 11) is 0. The molecule has 30 heavy (non-hydrogen) atoms. The van der Waals surface area contributed by atoms with Crippen LogP contribution < -0.4 is 20.7 Å². The molecule has 0 bridgehead atoms. The second-order valence-electron chi connectivity index (χ2n) is 6.58. The minimum absolute atomic E-state index is 0.0665. The van der Waals surface area contributed by atoms with Crippen LogP contribution in [0.5, 0.6) is 5.75 Å². The highest BCUT2D eigenvalue weighted by Gasteiger charge is 2.15. The van der Waals surface area contributed by atoms with Gasteiger partial charge in [0.25, 0.3) is 11.8 Å². The van der Waals surface area contributed by atoms with Crippen LogP contribution in [0.3, 0.4) is 0 Å². The molecule has 3 aromatic rings. The first-order valence-corrected chi connectivity index (χ1v) is 9.66. The number of ether oxygens (including phenoxy) is 1. The lowest BCUT2D eigenvalue weighted by atomic mass is 10.2. The minimum Gasteiger partial charge on any atom is -0.490 e. The van der Waals surface area contributed by atoms with Gasteiger partial charge in [-0.3, -0.25) is 14.9 Å². The average molecular weight is 423 g/mol. The van der Waals surface area contributed by atoms with E-state index < -0.39 is 0 Å². The number of hydrogen-bond acceptors (Lipinski definition) is 5. The molecule has 0 spiro atoms. The first-order chi connectivity index (χ1) is 14.4. The predicted octanol–water partition coefficient (Wildman–Crippen LogP) is 4.45. The fourth-order valence-corrected chi connectivity index (χ4v) is 2.83. The maximum absolute atomic E-state index is 12.6. The van der Waals surface area contributed by atoms with E-state index in [1.165, 1.54) is 6.26 Å². The minimum atomic E-state index is -0.383. The van der Waals surface area contributed by atoms with Gasteiger partial charge < -0.3 is 19.8 Å². The highest BCUT2D eigenvalue weighted by Crippen LogP contribution is 2.20. The molecule has 0 saturated carbocycles. The molecule has 154 valence electrons. The number of anilines is 2. The van der Waals surface area contributed by atoms with E-state index in [1.807, 2.05) is 13.8 Å². The fourth-order valence-electron chi connectivity index (χ4n) is 2.62. The van der Waals surface area contributed by atoms with E-state index in [0.29, 0.717) is 22.7 Å². The van der Waals surface area contributed by atoms with Gasteiger partial charge in [-0.15, -0.1) is 0 Å². The zero-order chi connectivity index (χ0) is 21.5. The van der Waals surface area contributed by atoms with E-state index in [0.717, 1.165) is 0 Å². The van der Waals surface area contributed by atoms with Crippen LogP contribution in [0.1, 0.15) is 34.8 Å². The number of benzene rings is 2. The number of amides is 2. The van der Waals surface area contributed by atoms with Crippen molar-refractivity contribution in [2.45, 2.75) is 20.0 Å². The largest absolute Gasteiger partial charge is 0.490 e. The molecule has 8 heteroatoms. The van der Waals surface area contributed by atoms with Crippen LogP contribution >= 0.6 is 12.2 Å². The Kier molecular flexibility index (Phi) is 6.82. The van der Waals surface area contributed by atoms with Gasteiger partial charge >= 0.3 is 0 Å². The van der Waals surface area contributed by atoms with E-state index in [-0.39, 0.29) is 28.8 Å². The molecule has 0 unspecified atom stereocenters. The van der Waals surface area contributed by atoms with Crippen molar-refractivity contribution in [3.63, 3.8) is 0 Å². The third-order valence-electron chi connectivity index (χ3n) is 3.84. The molecule has 0 aliphatic heterocycles. The van der Waals surface area contributed by atoms with Crippen molar-refractivity contribution < 1.29 is 18.7 Å². The van der Waals surface area contributed by atoms with Gasteiger partial charge in [-0.1, -0.05) is 18.2 Å². The number of carbonyl (C=O) groups excluding carboxylic acids is 2. The summed E-state index contributed by atoms with van der Waals surface area (Å²) < 4.78 is 10.8. The molecule has 3 rings (SSSR count). The first-order valence-electron chi connectivity index (χ1n) is 9.25. The van der Waals surface area contributed by atoms with Crippen molar-refractivity contribution in [1.82, 2.24) is 5.32 Å². The number of rotatable bonds is 6. The quantitative estimate of drug-likeness (QED) is 0.508. The van der Waals surface area contributed by atoms with Gasteiger partial charge in [0.1, 0.15) is 5.75 Å². The highest BCUT2D eigenvalue weighted by molar-refractivity contribution is 7.80. The van der Waals surface area contributed by atoms with Crippen molar-refractivity contribution in [2.75, 3.05) is 10.6 Å². The molecule has 0 radical (unpaired) electrons. The lowest BCUT2D eigenvalue weighted by Crippen LogP contribution is -2.34. The Balaban J connectivity index is 1.63. The first kappa shape index (κ1) is 21.1. The third kappa shape index (κ3) is 5.68. The Morgan fingerprint density at radius 2 is 1.67 bits per heavy atom. The van der Waals surface area contributed by atoms with Gasteiger partial charge in [0, 0.05) is 11.4 Å². The number of furan rings is 1. The van der Waals surface area contributed by atoms with E-state index >= 15 is 0 Å². The molecule has 1 aromatic heterocycles. The second kappa shape index (κ2) is 9.71. The fraction of sp³-hybridized carbons (Fsp3) is 0.136. The Hall–Kier alpha value is -3.65. The Labute approximate surface area is 179 Å². The van der Waals surface area contributed by atoms with Crippen LogP contribution in [0.25, 0.3) is 0 Å². The lowest BCUT2D eigenvalue weighted by Gasteiger charge is -2.15. The number of hydrogen-bond donors (Lipinski definition) is 3. The Morgan fingerprint density at radius 1 is 0.933 bits per heavy atom. The van der Waals surface area contributed by atoms with Crippen molar-refractivity contribution in [2.24, 2.45) is 0 Å². The van der Waals surface area contributed by atoms with Crippen LogP contribution in [0.4, 0.5) is 11.4 Å². The summed E-state index contributed by atoms with van der Waals surface area (Å²) in [6, 6.07) is 17.1. The topological polar surface area (TPSA) is 92.6 Å². The number of para-hydroxylation sites is 1. The second-order valence-corrected chi connectivity index (χ2v) is 6.99. The third-order valence-corrected chi connectivity index (χ3v) is 4.05. The SMILES string of the molecule is CC(C)Oc1ccccc1C(=O)NC(=S)Nc1cccc(NC(=O)c2ccco2)c1. The molecular weight excluding hydrogens is 402 g/mol. The standard InChI is InChI=1S/C22H21N3O4S/c1-14(2)29-18-10-4-3-9-17(18)20(26)25-22(30)24-16-8-5-7-15(13-16)23-21(27)19-11-6-12-28-19/h3-14H,1-2H3,(H,23,27)(H2,24,25,26,30). The monoisotopic (exact) mass is 423 g/mol. The molecule has 2 aromatic carbocycles. The molecule has 0 fully saturated rings. The summed E-state index contributed by atoms with van der Waals surface area (Å²) in [6.45, 7) is 3.77. The Bertz CT molecular complexity index is 1050. The summed E-state index contributed by atoms with van der Waals surface area (Å²) in [5, 5.41) is 8.42. The summed E-state index contributed by atoms with van der Waals surface area (Å²) in [6.07, 6.45) is 1.36. The predicted molar refractivity (Wildman–Crippen MR) is 119 cm³/mol. The maximum Gasteiger partial charge on any atom is 0.291 e. The summed E-state index contributed by atoms with van der Waals surface area (Å²) in [5.74, 6) is -0.0605. The molecular formula is C22H21N3O4S. The molecule has 0 aliphatic carbocycles. The average Bonchev–Trinajstić information content (AvgIpc) is 3.23. The highest BCUT2D eigenvalue weighted by atomic mass is 32.1. The van der Waals surface area contributed by atoms with Crippen LogP contribution in [0, 0.1) is 0 Å². The van der Waals surface area contributed by atoms with Crippen molar-refractivity contribution >= 4 is 40.5 Å². The molecule has 1 heterocycles. The molecule has 0 atom stereocenters. The summed E-state index contributed by atoms with van der Waals surface area (Å²) in [4.78, 5) is 24.7. The van der Waals surface area contributed by atoms with Gasteiger partial charge in [0.2, 0.25) is 0 Å². The molecule has 3 N–H and O–H groups in total. The summed E-state index contributed by atoms with van der Waals surface area (Å²) in [5.41, 5.74) is 1.53. The zero-order valence-electron chi connectivity index (χ0n) is 16.5. The maximum atomic E-state index is 12.6. The molecule has 0 aliphatic rings. The summed E-state index contributed by atoms with van der Waals surface area (Å²) >= 11 is 5.25. The van der Waals surface area contributed by atoms with Crippen molar-refractivity contribution in [3.8, 4) is 5.75 Å². The van der Waals surface area contributed by atoms with Gasteiger partial charge in [0.05, 0.1) is 17.9 Å². The van der Waals surface area contributed by atoms with E-state index in [4.69, 9.17) is 21.4 Å². The van der Waals surface area contributed by atoms with Crippen LogP contribution in [0.15, 0.2) is 71.3 Å². The van der Waals surface area contributed by atoms with E-state index in [2.05, 4.69) is 16.0 Å². The van der Waals surface area contributed by atoms with Gasteiger partial charge in [-0.25, -0.2) is 0 Å². The number of nitrogens with one attached hydrogen (secondary N) is 3. The van der Waals surface area contributed by atoms with Crippen LogP contribution in [-0.2, 0) is 0 Å². The molecule has 7 nitrogen and oxygen atoms in total. The number of thiocarbonyl (C=S) groups is 1. The smallest absolute Gasteiger partial charge is 0.291 e. The van der Waals surface area contributed by atoms with Gasteiger partial charge in [-0.2, -0.15) is 0 Å². The Morgan fingerprint density at radius 3 is 2.37 bits per heavy atom. The normalized spacial score (nSPS) is 10.4.